The summed E-state index contributed by atoms with van der Waals surface area (Å²) in [6, 6.07) is 8.07. The second-order valence-electron chi connectivity index (χ2n) is 5.80. The Morgan fingerprint density at radius 1 is 1.17 bits per heavy atom. The average Bonchev–Trinajstić information content (AvgIpc) is 3.18. The average molecular weight is 311 g/mol. The zero-order valence-corrected chi connectivity index (χ0v) is 13.0. The summed E-state index contributed by atoms with van der Waals surface area (Å²) in [6.45, 7) is 0. The highest BCUT2D eigenvalue weighted by molar-refractivity contribution is 5.82. The van der Waals surface area contributed by atoms with Gasteiger partial charge in [0.1, 0.15) is 11.4 Å². The number of rotatable bonds is 8. The van der Waals surface area contributed by atoms with Crippen molar-refractivity contribution in [3.8, 4) is 11.3 Å². The number of nitrogens with two attached hydrogens (primary N) is 1. The fourth-order valence-electron chi connectivity index (χ4n) is 2.72. The van der Waals surface area contributed by atoms with Crippen LogP contribution in [0.4, 0.5) is 0 Å². The molecule has 5 heteroatoms. The molecule has 0 aliphatic carbocycles. The molecule has 0 aliphatic rings. The van der Waals surface area contributed by atoms with Gasteiger partial charge in [0.2, 0.25) is 5.91 Å². The molecule has 3 rings (SSSR count). The quantitative estimate of drug-likeness (QED) is 0.620. The summed E-state index contributed by atoms with van der Waals surface area (Å²) in [6.07, 6.45) is 9.05. The van der Waals surface area contributed by atoms with E-state index in [-0.39, 0.29) is 5.91 Å². The van der Waals surface area contributed by atoms with Crippen molar-refractivity contribution in [3.05, 3.63) is 42.5 Å². The highest BCUT2D eigenvalue weighted by Gasteiger charge is 2.05. The van der Waals surface area contributed by atoms with Crippen molar-refractivity contribution in [3.63, 3.8) is 0 Å². The van der Waals surface area contributed by atoms with Gasteiger partial charge in [-0.15, -0.1) is 0 Å². The Labute approximate surface area is 134 Å². The predicted octanol–water partition coefficient (Wildman–Crippen LogP) is 3.80. The number of nitrogens with one attached hydrogen (secondary N) is 1. The number of carbonyl (C=O) groups excluding carboxylic acids is 1. The van der Waals surface area contributed by atoms with Crippen LogP contribution >= 0.6 is 0 Å². The van der Waals surface area contributed by atoms with Gasteiger partial charge >= 0.3 is 0 Å². The van der Waals surface area contributed by atoms with E-state index in [2.05, 4.69) is 16.0 Å². The van der Waals surface area contributed by atoms with Gasteiger partial charge in [-0.1, -0.05) is 12.8 Å². The largest absolute Gasteiger partial charge is 0.464 e. The van der Waals surface area contributed by atoms with Gasteiger partial charge < -0.3 is 15.1 Å². The summed E-state index contributed by atoms with van der Waals surface area (Å²) >= 11 is 0. The van der Waals surface area contributed by atoms with E-state index in [1.807, 2.05) is 24.4 Å². The Kier molecular flexibility index (Phi) is 4.76. The first kappa shape index (κ1) is 15.3. The number of unbranched alkanes of at least 4 members (excludes halogenated alkanes) is 3. The van der Waals surface area contributed by atoms with E-state index in [0.717, 1.165) is 60.2 Å². The third-order valence-corrected chi connectivity index (χ3v) is 3.98. The molecule has 1 amide bonds. The molecular weight excluding hydrogens is 290 g/mol. The monoisotopic (exact) mass is 311 g/mol. The Morgan fingerprint density at radius 2 is 2.04 bits per heavy atom. The van der Waals surface area contributed by atoms with Gasteiger partial charge in [-0.3, -0.25) is 4.79 Å². The first-order valence-corrected chi connectivity index (χ1v) is 8.02. The molecular formula is C18H21N3O2. The number of furan rings is 1. The van der Waals surface area contributed by atoms with E-state index in [1.165, 1.54) is 0 Å². The van der Waals surface area contributed by atoms with Crippen molar-refractivity contribution >= 4 is 16.9 Å². The van der Waals surface area contributed by atoms with Crippen molar-refractivity contribution < 1.29 is 9.21 Å². The zero-order valence-electron chi connectivity index (χ0n) is 13.0. The number of aromatic amines is 1. The number of H-pyrrole nitrogens is 1. The van der Waals surface area contributed by atoms with E-state index < -0.39 is 0 Å². The molecule has 0 saturated carbocycles. The lowest BCUT2D eigenvalue weighted by Crippen LogP contribution is -2.09. The maximum absolute atomic E-state index is 10.7. The lowest BCUT2D eigenvalue weighted by atomic mass is 10.1. The minimum absolute atomic E-state index is 0.213. The summed E-state index contributed by atoms with van der Waals surface area (Å²) in [5.74, 6) is 0.789. The van der Waals surface area contributed by atoms with Gasteiger partial charge in [0.25, 0.3) is 0 Å². The SMILES string of the molecule is NC(=O)CCCCCCc1ncc(-c2ccc3occc3c2)[nH]1. The smallest absolute Gasteiger partial charge is 0.217 e. The van der Waals surface area contributed by atoms with Crippen LogP contribution in [0.5, 0.6) is 0 Å². The molecule has 2 heterocycles. The van der Waals surface area contributed by atoms with Crippen LogP contribution in [-0.4, -0.2) is 15.9 Å². The number of amides is 1. The van der Waals surface area contributed by atoms with E-state index in [9.17, 15) is 4.79 Å². The second-order valence-corrected chi connectivity index (χ2v) is 5.80. The normalized spacial score (nSPS) is 11.1. The molecule has 0 bridgehead atoms. The predicted molar refractivity (Wildman–Crippen MR) is 89.8 cm³/mol. The molecule has 0 saturated heterocycles. The van der Waals surface area contributed by atoms with E-state index >= 15 is 0 Å². The van der Waals surface area contributed by atoms with Crippen LogP contribution in [-0.2, 0) is 11.2 Å². The van der Waals surface area contributed by atoms with Crippen LogP contribution in [0.3, 0.4) is 0 Å². The van der Waals surface area contributed by atoms with Crippen LogP contribution < -0.4 is 5.73 Å². The topological polar surface area (TPSA) is 84.9 Å². The molecule has 120 valence electrons. The van der Waals surface area contributed by atoms with Crippen molar-refractivity contribution in [2.45, 2.75) is 38.5 Å². The van der Waals surface area contributed by atoms with Gasteiger partial charge in [0.05, 0.1) is 18.2 Å². The van der Waals surface area contributed by atoms with Gasteiger partial charge in [-0.2, -0.15) is 0 Å². The highest BCUT2D eigenvalue weighted by atomic mass is 16.3. The summed E-state index contributed by atoms with van der Waals surface area (Å²) in [4.78, 5) is 18.5. The number of benzene rings is 1. The van der Waals surface area contributed by atoms with Gasteiger partial charge in [0, 0.05) is 23.8 Å². The van der Waals surface area contributed by atoms with Crippen LogP contribution in [0.2, 0.25) is 0 Å². The van der Waals surface area contributed by atoms with Crippen molar-refractivity contribution in [2.75, 3.05) is 0 Å². The molecule has 1 aromatic carbocycles. The first-order chi connectivity index (χ1) is 11.2. The molecule has 2 aromatic heterocycles. The van der Waals surface area contributed by atoms with Gasteiger partial charge in [0.15, 0.2) is 0 Å². The molecule has 3 N–H and O–H groups in total. The number of carbonyl (C=O) groups is 1. The highest BCUT2D eigenvalue weighted by Crippen LogP contribution is 2.24. The van der Waals surface area contributed by atoms with Crippen molar-refractivity contribution in [1.82, 2.24) is 9.97 Å². The number of nitrogens with zero attached hydrogens (tertiary/aromatic N) is 1. The Bertz CT molecular complexity index is 788. The minimum atomic E-state index is -0.213. The summed E-state index contributed by atoms with van der Waals surface area (Å²) < 4.78 is 5.36. The summed E-state index contributed by atoms with van der Waals surface area (Å²) in [5.41, 5.74) is 8.15. The Hall–Kier alpha value is -2.56. The molecule has 0 unspecified atom stereocenters. The molecule has 5 nitrogen and oxygen atoms in total. The number of aryl methyl sites for hydroxylation is 1. The van der Waals surface area contributed by atoms with E-state index in [1.54, 1.807) is 6.26 Å². The maximum atomic E-state index is 10.7. The second kappa shape index (κ2) is 7.13. The van der Waals surface area contributed by atoms with Crippen LogP contribution in [0.1, 0.15) is 37.9 Å². The van der Waals surface area contributed by atoms with Gasteiger partial charge in [-0.05, 0) is 37.1 Å². The molecule has 0 aliphatic heterocycles. The molecule has 0 radical (unpaired) electrons. The molecule has 0 atom stereocenters. The van der Waals surface area contributed by atoms with E-state index in [4.69, 9.17) is 10.2 Å². The summed E-state index contributed by atoms with van der Waals surface area (Å²) in [5, 5.41) is 1.09. The van der Waals surface area contributed by atoms with Crippen molar-refractivity contribution in [1.29, 1.82) is 0 Å². The fraction of sp³-hybridized carbons (Fsp3) is 0.333. The van der Waals surface area contributed by atoms with Crippen LogP contribution in [0.15, 0.2) is 41.1 Å². The Balaban J connectivity index is 1.52. The fourth-order valence-corrected chi connectivity index (χ4v) is 2.72. The summed E-state index contributed by atoms with van der Waals surface area (Å²) in [7, 11) is 0. The molecule has 0 spiro atoms. The number of hydrogen-bond donors (Lipinski definition) is 2. The van der Waals surface area contributed by atoms with Crippen LogP contribution in [0, 0.1) is 0 Å². The molecule has 3 aromatic rings. The minimum Gasteiger partial charge on any atom is -0.464 e. The molecule has 0 fully saturated rings. The number of hydrogen-bond acceptors (Lipinski definition) is 3. The standard InChI is InChI=1S/C18H21N3O2/c19-17(22)5-3-1-2-4-6-18-20-12-15(21-18)13-7-8-16-14(11-13)9-10-23-16/h7-12H,1-6H2,(H2,19,22)(H,20,21). The number of primary amides is 1. The van der Waals surface area contributed by atoms with Crippen molar-refractivity contribution in [2.24, 2.45) is 5.73 Å². The van der Waals surface area contributed by atoms with E-state index in [0.29, 0.717) is 6.42 Å². The maximum Gasteiger partial charge on any atom is 0.217 e. The van der Waals surface area contributed by atoms with Crippen LogP contribution in [0.25, 0.3) is 22.2 Å². The van der Waals surface area contributed by atoms with Gasteiger partial charge in [-0.25, -0.2) is 4.98 Å². The number of imidazole rings is 1. The Morgan fingerprint density at radius 3 is 2.91 bits per heavy atom. The lowest BCUT2D eigenvalue weighted by molar-refractivity contribution is -0.118. The first-order valence-electron chi connectivity index (χ1n) is 8.02. The zero-order chi connectivity index (χ0) is 16.1. The third-order valence-electron chi connectivity index (χ3n) is 3.98. The number of fused-ring (bicyclic) bond motifs is 1. The molecule has 23 heavy (non-hydrogen) atoms. The number of aromatic nitrogens is 2. The lowest BCUT2D eigenvalue weighted by Gasteiger charge is -2.00. The third kappa shape index (κ3) is 4.00.